The predicted octanol–water partition coefficient (Wildman–Crippen LogP) is 8.18. The van der Waals surface area contributed by atoms with E-state index in [4.69, 9.17) is 9.84 Å². The molecule has 0 saturated heterocycles. The summed E-state index contributed by atoms with van der Waals surface area (Å²) in [6.07, 6.45) is 0. The molecule has 1 amide bonds. The van der Waals surface area contributed by atoms with Gasteiger partial charge in [-0.1, -0.05) is 64.1 Å². The van der Waals surface area contributed by atoms with Crippen molar-refractivity contribution in [2.24, 2.45) is 0 Å². The number of benzene rings is 2. The number of ether oxygens (including phenoxy) is 2. The molecule has 0 aliphatic rings. The molecule has 0 spiro atoms. The molecule has 16 heteroatoms. The van der Waals surface area contributed by atoms with Crippen molar-refractivity contribution in [3.05, 3.63) is 82.2 Å². The van der Waals surface area contributed by atoms with E-state index in [1.54, 1.807) is 54.8 Å². The van der Waals surface area contributed by atoms with Gasteiger partial charge in [0.1, 0.15) is 11.1 Å². The van der Waals surface area contributed by atoms with Gasteiger partial charge in [-0.3, -0.25) is 19.6 Å². The quantitative estimate of drug-likeness (QED) is 0.143. The number of aromatic carboxylic acids is 1. The van der Waals surface area contributed by atoms with Gasteiger partial charge in [-0.15, -0.1) is 0 Å². The number of pyridine rings is 2. The van der Waals surface area contributed by atoms with E-state index in [1.807, 2.05) is 90.9 Å². The number of hydrogen-bond donors (Lipinski definition) is 2. The van der Waals surface area contributed by atoms with E-state index in [0.29, 0.717) is 29.8 Å². The summed E-state index contributed by atoms with van der Waals surface area (Å²) < 4.78 is 9.32. The number of para-hydroxylation sites is 2. The summed E-state index contributed by atoms with van der Waals surface area (Å²) in [6, 6.07) is 14.8. The van der Waals surface area contributed by atoms with Crippen LogP contribution in [0, 0.1) is 27.7 Å². The Hall–Kier alpha value is -1.25. The van der Waals surface area contributed by atoms with Crippen LogP contribution in [0.3, 0.4) is 0 Å². The standard InChI is InChI=1S/C18H22N2O3.C12H11NO2.C6H13NO2.2C2H6.I3.I2/c1-11-12(2)19-14-10-8-7-9-13(14)15(11)16(21)20(5)18(3,4)17(22)23-6;1-7-8(2)13-10-6-4-3-5-9(10)11(7)12(14)15;1-6(2,7-3)5(8)9-4;2*1-2;1-3-2;1-2/h7-10H,1-6H3;3-6H,1-2H3,(H,14,15);7H,1-4H3;2*1-2H3;;/q;;;;;-1;. The number of esters is 2. The van der Waals surface area contributed by atoms with Crippen LogP contribution in [0.1, 0.15) is 98.6 Å². The van der Waals surface area contributed by atoms with Gasteiger partial charge in [0.25, 0.3) is 5.91 Å². The number of methoxy groups -OCH3 is 2. The molecule has 0 aliphatic heterocycles. The van der Waals surface area contributed by atoms with Crippen LogP contribution in [0.25, 0.3) is 21.8 Å². The molecule has 2 aromatic heterocycles. The van der Waals surface area contributed by atoms with Gasteiger partial charge in [0.15, 0.2) is 0 Å². The van der Waals surface area contributed by atoms with Crippen LogP contribution >= 0.6 is 74.5 Å². The molecule has 0 unspecified atom stereocenters. The van der Waals surface area contributed by atoms with Gasteiger partial charge in [0, 0.05) is 66.4 Å². The van der Waals surface area contributed by atoms with Crippen LogP contribution in [0.15, 0.2) is 48.5 Å². The number of likely N-dealkylation sites (N-methyl/N-ethyl adjacent to an activating group) is 2. The van der Waals surface area contributed by atoms with Crippen LogP contribution in [0.5, 0.6) is 0 Å². The molecular formula is C40H58I5N4O7-. The monoisotopic (exact) mass is 1340 g/mol. The number of carbonyl (C=O) groups is 4. The molecular weight excluding hydrogens is 1280 g/mol. The molecule has 2 aromatic carbocycles. The van der Waals surface area contributed by atoms with Crippen molar-refractivity contribution in [3.63, 3.8) is 0 Å². The number of rotatable bonds is 6. The molecule has 0 saturated carbocycles. The zero-order valence-corrected chi connectivity index (χ0v) is 46.0. The third kappa shape index (κ3) is 17.5. The van der Waals surface area contributed by atoms with E-state index < -0.39 is 23.0 Å². The van der Waals surface area contributed by atoms with Gasteiger partial charge >= 0.3 is 68.4 Å². The van der Waals surface area contributed by atoms with E-state index in [2.05, 4.69) is 94.5 Å². The molecule has 316 valence electrons. The second kappa shape index (κ2) is 30.7. The molecule has 2 heterocycles. The molecule has 0 radical (unpaired) electrons. The summed E-state index contributed by atoms with van der Waals surface area (Å²) in [5.74, 6) is -1.82. The van der Waals surface area contributed by atoms with Gasteiger partial charge in [0.05, 0.1) is 36.4 Å². The van der Waals surface area contributed by atoms with E-state index in [-0.39, 0.29) is 11.9 Å². The number of aryl methyl sites for hydroxylation is 2. The van der Waals surface area contributed by atoms with Crippen LogP contribution in [-0.2, 0) is 19.1 Å². The number of aromatic nitrogens is 2. The average molecular weight is 1340 g/mol. The number of hydrogen-bond acceptors (Lipinski definition) is 9. The third-order valence-corrected chi connectivity index (χ3v) is 8.34. The van der Waals surface area contributed by atoms with Crippen molar-refractivity contribution in [1.82, 2.24) is 20.2 Å². The Morgan fingerprint density at radius 1 is 0.714 bits per heavy atom. The predicted molar refractivity (Wildman–Crippen MR) is 262 cm³/mol. The number of carboxylic acids is 1. The Morgan fingerprint density at radius 2 is 1.05 bits per heavy atom. The van der Waals surface area contributed by atoms with E-state index in [0.717, 1.165) is 38.9 Å². The first-order valence-electron chi connectivity index (χ1n) is 17.4. The molecule has 0 aliphatic carbocycles. The van der Waals surface area contributed by atoms with Gasteiger partial charge in [-0.25, -0.2) is 9.59 Å². The van der Waals surface area contributed by atoms with Gasteiger partial charge in [0.2, 0.25) is 0 Å². The average Bonchev–Trinajstić information content (AvgIpc) is 3.20. The van der Waals surface area contributed by atoms with Crippen LogP contribution in [0.4, 0.5) is 0 Å². The second-order valence-electron chi connectivity index (χ2n) is 12.1. The minimum absolute atomic E-state index is 0.223. The number of halogens is 5. The summed E-state index contributed by atoms with van der Waals surface area (Å²) in [4.78, 5) is 57.3. The summed E-state index contributed by atoms with van der Waals surface area (Å²) in [7, 11) is 6.03. The number of carboxylic acid groups (broad SMARTS) is 1. The fourth-order valence-corrected chi connectivity index (χ4v) is 4.58. The van der Waals surface area contributed by atoms with Crippen LogP contribution in [-0.4, -0.2) is 83.2 Å². The maximum atomic E-state index is 13.1. The molecule has 0 bridgehead atoms. The first kappa shape index (κ1) is 59.1. The molecule has 11 nitrogen and oxygen atoms in total. The number of carbonyl (C=O) groups excluding carboxylic acids is 3. The van der Waals surface area contributed by atoms with Crippen LogP contribution in [0.2, 0.25) is 0 Å². The maximum absolute atomic E-state index is 13.1. The Balaban J connectivity index is -0.000000732. The number of nitrogens with zero attached hydrogens (tertiary/aromatic N) is 3. The van der Waals surface area contributed by atoms with Crippen molar-refractivity contribution >= 4 is 120 Å². The van der Waals surface area contributed by atoms with Gasteiger partial charge in [-0.2, -0.15) is 0 Å². The molecule has 2 N–H and O–H groups in total. The molecule has 0 fully saturated rings. The topological polar surface area (TPSA) is 148 Å². The SMILES string of the molecule is CC.CC.CNC(C)(C)C(=O)OC.COC(=O)C(C)(C)N(C)C(=O)c1c(C)c(C)nc2ccccc12.Cc1nc2ccccc2c(C(=O)O)c1C.II.I[I-]I. The summed E-state index contributed by atoms with van der Waals surface area (Å²) in [6.45, 7) is 22.2. The normalized spacial score (nSPS) is 10.0. The Kier molecular flexibility index (Phi) is 32.4. The second-order valence-corrected chi connectivity index (χ2v) is 28.3. The molecule has 56 heavy (non-hydrogen) atoms. The summed E-state index contributed by atoms with van der Waals surface area (Å²) in [5.41, 5.74) is 3.95. The minimum atomic E-state index is -1.06. The van der Waals surface area contributed by atoms with Crippen LogP contribution < -0.4 is 18.6 Å². The zero-order valence-electron chi connectivity index (χ0n) is 35.2. The molecule has 4 rings (SSSR count). The Morgan fingerprint density at radius 3 is 1.38 bits per heavy atom. The van der Waals surface area contributed by atoms with E-state index >= 15 is 0 Å². The molecule has 0 atom stereocenters. The zero-order chi connectivity index (χ0) is 44.6. The van der Waals surface area contributed by atoms with Crippen molar-refractivity contribution in [3.8, 4) is 0 Å². The Labute approximate surface area is 387 Å². The van der Waals surface area contributed by atoms with Crippen molar-refractivity contribution in [1.29, 1.82) is 0 Å². The Bertz CT molecular complexity index is 1840. The fourth-order valence-electron chi connectivity index (χ4n) is 4.58. The molecule has 4 aromatic rings. The fraction of sp³-hybridized carbons (Fsp3) is 0.450. The number of amides is 1. The summed E-state index contributed by atoms with van der Waals surface area (Å²) in [5, 5.41) is 13.5. The number of nitrogens with one attached hydrogen (secondary N) is 1. The number of fused-ring (bicyclic) bond motifs is 2. The third-order valence-electron chi connectivity index (χ3n) is 8.34. The first-order chi connectivity index (χ1) is 26.3. The van der Waals surface area contributed by atoms with Crippen molar-refractivity contribution in [2.45, 2.75) is 94.2 Å². The first-order valence-corrected chi connectivity index (χ1v) is 36.2. The van der Waals surface area contributed by atoms with E-state index in [9.17, 15) is 19.2 Å². The summed E-state index contributed by atoms with van der Waals surface area (Å²) >= 11 is 9.54. The van der Waals surface area contributed by atoms with Crippen molar-refractivity contribution < 1.29 is 47.0 Å². The van der Waals surface area contributed by atoms with Gasteiger partial charge < -0.3 is 24.8 Å². The van der Waals surface area contributed by atoms with Crippen molar-refractivity contribution in [2.75, 3.05) is 28.3 Å². The van der Waals surface area contributed by atoms with E-state index in [1.165, 1.54) is 19.1 Å². The van der Waals surface area contributed by atoms with Gasteiger partial charge in [-0.05, 0) is 85.7 Å².